The van der Waals surface area contributed by atoms with E-state index in [2.05, 4.69) is 21.0 Å². The number of para-hydroxylation sites is 1. The van der Waals surface area contributed by atoms with E-state index in [4.69, 9.17) is 4.74 Å². The van der Waals surface area contributed by atoms with E-state index in [1.165, 1.54) is 0 Å². The largest absolute Gasteiger partial charge is 0.495 e. The molecule has 0 aliphatic carbocycles. The van der Waals surface area contributed by atoms with Gasteiger partial charge in [0, 0.05) is 30.9 Å². The molecular formula is C16H17BrFN3O. The van der Waals surface area contributed by atoms with Crippen molar-refractivity contribution in [2.45, 2.75) is 25.9 Å². The molecule has 6 heteroatoms. The van der Waals surface area contributed by atoms with Crippen molar-refractivity contribution < 1.29 is 9.13 Å². The number of unbranched alkanes of at least 4 members (excludes halogenated alkanes) is 1. The Morgan fingerprint density at radius 1 is 1.23 bits per heavy atom. The number of benzene rings is 1. The first kappa shape index (κ1) is 15.1. The van der Waals surface area contributed by atoms with Crippen molar-refractivity contribution in [1.82, 2.24) is 14.3 Å². The van der Waals surface area contributed by atoms with E-state index < -0.39 is 0 Å². The predicted octanol–water partition coefficient (Wildman–Crippen LogP) is 4.23. The monoisotopic (exact) mass is 365 g/mol. The minimum atomic E-state index is -0.204. The summed E-state index contributed by atoms with van der Waals surface area (Å²) in [5, 5.41) is 4.83. The zero-order valence-corrected chi connectivity index (χ0v) is 13.9. The van der Waals surface area contributed by atoms with Crippen LogP contribution >= 0.6 is 15.9 Å². The molecule has 0 fully saturated rings. The van der Waals surface area contributed by atoms with Gasteiger partial charge in [0.05, 0.1) is 23.3 Å². The van der Waals surface area contributed by atoms with E-state index in [-0.39, 0.29) is 5.82 Å². The van der Waals surface area contributed by atoms with Crippen molar-refractivity contribution in [3.63, 3.8) is 0 Å². The highest BCUT2D eigenvalue weighted by Gasteiger charge is 2.12. The van der Waals surface area contributed by atoms with E-state index in [1.54, 1.807) is 25.6 Å². The van der Waals surface area contributed by atoms with Crippen molar-refractivity contribution >= 4 is 26.8 Å². The molecule has 0 aliphatic heterocycles. The van der Waals surface area contributed by atoms with Gasteiger partial charge in [-0.1, -0.05) is 6.07 Å². The molecule has 3 rings (SSSR count). The SMILES string of the molecule is COc1cccc2c(F)cn(CCCCn3cc(Br)cn3)c12. The van der Waals surface area contributed by atoms with Crippen LogP contribution in [0.1, 0.15) is 12.8 Å². The van der Waals surface area contributed by atoms with Gasteiger partial charge in [-0.15, -0.1) is 0 Å². The summed E-state index contributed by atoms with van der Waals surface area (Å²) < 4.78 is 24.2. The zero-order chi connectivity index (χ0) is 15.5. The maximum atomic E-state index is 14.0. The Hall–Kier alpha value is -1.82. The van der Waals surface area contributed by atoms with Gasteiger partial charge >= 0.3 is 0 Å². The Labute approximate surface area is 136 Å². The van der Waals surface area contributed by atoms with Crippen molar-refractivity contribution in [2.24, 2.45) is 0 Å². The lowest BCUT2D eigenvalue weighted by atomic mass is 10.2. The topological polar surface area (TPSA) is 32.0 Å². The van der Waals surface area contributed by atoms with Crippen LogP contribution < -0.4 is 4.74 Å². The summed E-state index contributed by atoms with van der Waals surface area (Å²) in [5.41, 5.74) is 0.823. The number of rotatable bonds is 6. The number of halogens is 2. The quantitative estimate of drug-likeness (QED) is 0.612. The van der Waals surface area contributed by atoms with Crippen molar-refractivity contribution in [2.75, 3.05) is 7.11 Å². The molecule has 4 nitrogen and oxygen atoms in total. The Bertz CT molecular complexity index is 781. The summed E-state index contributed by atoms with van der Waals surface area (Å²) in [5.74, 6) is 0.502. The van der Waals surface area contributed by atoms with Crippen LogP contribution in [0.15, 0.2) is 41.3 Å². The fourth-order valence-corrected chi connectivity index (χ4v) is 2.97. The molecule has 0 radical (unpaired) electrons. The Kier molecular flexibility index (Phi) is 4.47. The molecule has 0 aliphatic rings. The molecule has 22 heavy (non-hydrogen) atoms. The van der Waals surface area contributed by atoms with Gasteiger partial charge in [0.25, 0.3) is 0 Å². The summed E-state index contributed by atoms with van der Waals surface area (Å²) >= 11 is 3.38. The number of hydrogen-bond donors (Lipinski definition) is 0. The molecule has 0 unspecified atom stereocenters. The number of aromatic nitrogens is 3. The zero-order valence-electron chi connectivity index (χ0n) is 12.3. The summed E-state index contributed by atoms with van der Waals surface area (Å²) in [4.78, 5) is 0. The van der Waals surface area contributed by atoms with E-state index in [0.717, 1.165) is 35.9 Å². The minimum Gasteiger partial charge on any atom is -0.495 e. The van der Waals surface area contributed by atoms with Crippen LogP contribution in [-0.2, 0) is 13.1 Å². The molecule has 0 bridgehead atoms. The molecule has 116 valence electrons. The van der Waals surface area contributed by atoms with Crippen LogP contribution in [0.25, 0.3) is 10.9 Å². The van der Waals surface area contributed by atoms with Gasteiger partial charge in [-0.2, -0.15) is 5.10 Å². The van der Waals surface area contributed by atoms with Gasteiger partial charge in [-0.25, -0.2) is 4.39 Å². The van der Waals surface area contributed by atoms with E-state index in [1.807, 2.05) is 27.6 Å². The summed E-state index contributed by atoms with van der Waals surface area (Å²) in [6.45, 7) is 1.60. The Morgan fingerprint density at radius 3 is 2.77 bits per heavy atom. The van der Waals surface area contributed by atoms with Gasteiger partial charge in [0.15, 0.2) is 0 Å². The third-order valence-corrected chi connectivity index (χ3v) is 4.08. The smallest absolute Gasteiger partial charge is 0.148 e. The average molecular weight is 366 g/mol. The molecular weight excluding hydrogens is 349 g/mol. The molecule has 0 atom stereocenters. The number of nitrogens with zero attached hydrogens (tertiary/aromatic N) is 3. The van der Waals surface area contributed by atoms with Gasteiger partial charge in [-0.05, 0) is 40.9 Å². The highest BCUT2D eigenvalue weighted by atomic mass is 79.9. The molecule has 0 N–H and O–H groups in total. The molecule has 2 aromatic heterocycles. The molecule has 1 aromatic carbocycles. The van der Waals surface area contributed by atoms with E-state index >= 15 is 0 Å². The number of aryl methyl sites for hydroxylation is 2. The van der Waals surface area contributed by atoms with Crippen LogP contribution in [-0.4, -0.2) is 21.5 Å². The predicted molar refractivity (Wildman–Crippen MR) is 87.6 cm³/mol. The van der Waals surface area contributed by atoms with Crippen molar-refractivity contribution in [1.29, 1.82) is 0 Å². The van der Waals surface area contributed by atoms with Crippen LogP contribution in [0.3, 0.4) is 0 Å². The van der Waals surface area contributed by atoms with Gasteiger partial charge in [0.2, 0.25) is 0 Å². The summed E-state index contributed by atoms with van der Waals surface area (Å²) in [6.07, 6.45) is 7.20. The Morgan fingerprint density at radius 2 is 2.05 bits per heavy atom. The first-order chi connectivity index (χ1) is 10.7. The summed E-state index contributed by atoms with van der Waals surface area (Å²) in [7, 11) is 1.61. The highest BCUT2D eigenvalue weighted by Crippen LogP contribution is 2.29. The number of fused-ring (bicyclic) bond motifs is 1. The number of methoxy groups -OCH3 is 1. The fraction of sp³-hybridized carbons (Fsp3) is 0.312. The molecule has 2 heterocycles. The van der Waals surface area contributed by atoms with Gasteiger partial charge < -0.3 is 9.30 Å². The van der Waals surface area contributed by atoms with Gasteiger partial charge in [-0.3, -0.25) is 4.68 Å². The molecule has 0 amide bonds. The van der Waals surface area contributed by atoms with Gasteiger partial charge in [0.1, 0.15) is 11.6 Å². The maximum Gasteiger partial charge on any atom is 0.148 e. The Balaban J connectivity index is 1.68. The lowest BCUT2D eigenvalue weighted by Gasteiger charge is -2.08. The fourth-order valence-electron chi connectivity index (χ4n) is 2.64. The first-order valence-corrected chi connectivity index (χ1v) is 7.97. The van der Waals surface area contributed by atoms with Crippen LogP contribution in [0, 0.1) is 5.82 Å². The third-order valence-electron chi connectivity index (χ3n) is 3.67. The standard InChI is InChI=1S/C16H17BrFN3O/c1-22-15-6-4-5-13-14(18)11-20(16(13)15)7-2-3-8-21-10-12(17)9-19-21/h4-6,9-11H,2-3,7-8H2,1H3. The normalized spacial score (nSPS) is 11.2. The second kappa shape index (κ2) is 6.52. The van der Waals surface area contributed by atoms with Crippen LogP contribution in [0.5, 0.6) is 5.75 Å². The number of hydrogen-bond acceptors (Lipinski definition) is 2. The minimum absolute atomic E-state index is 0.204. The maximum absolute atomic E-state index is 14.0. The van der Waals surface area contributed by atoms with Crippen LogP contribution in [0.4, 0.5) is 4.39 Å². The second-order valence-electron chi connectivity index (χ2n) is 5.16. The highest BCUT2D eigenvalue weighted by molar-refractivity contribution is 9.10. The average Bonchev–Trinajstić information content (AvgIpc) is 3.08. The lowest BCUT2D eigenvalue weighted by Crippen LogP contribution is -2.02. The lowest BCUT2D eigenvalue weighted by molar-refractivity contribution is 0.416. The van der Waals surface area contributed by atoms with Crippen molar-refractivity contribution in [3.8, 4) is 5.75 Å². The second-order valence-corrected chi connectivity index (χ2v) is 6.07. The third kappa shape index (κ3) is 3.02. The van der Waals surface area contributed by atoms with Crippen LogP contribution in [0.2, 0.25) is 0 Å². The first-order valence-electron chi connectivity index (χ1n) is 7.18. The van der Waals surface area contributed by atoms with E-state index in [9.17, 15) is 4.39 Å². The van der Waals surface area contributed by atoms with E-state index in [0.29, 0.717) is 11.1 Å². The number of ether oxygens (including phenoxy) is 1. The van der Waals surface area contributed by atoms with Crippen molar-refractivity contribution in [3.05, 3.63) is 47.1 Å². The molecule has 0 saturated heterocycles. The summed E-state index contributed by atoms with van der Waals surface area (Å²) in [6, 6.07) is 5.45. The molecule has 3 aromatic rings. The molecule has 0 saturated carbocycles. The molecule has 0 spiro atoms.